The lowest BCUT2D eigenvalue weighted by Gasteiger charge is -2.28. The first-order valence-corrected chi connectivity index (χ1v) is 5.57. The van der Waals surface area contributed by atoms with Crippen molar-refractivity contribution >= 4 is 27.4 Å². The molecular weight excluding hydrogens is 242 g/mol. The van der Waals surface area contributed by atoms with E-state index in [1.54, 1.807) is 0 Å². The van der Waals surface area contributed by atoms with E-state index in [2.05, 4.69) is 33.0 Å². The van der Waals surface area contributed by atoms with Gasteiger partial charge in [-0.25, -0.2) is 0 Å². The molecule has 74 valence electrons. The minimum Gasteiger partial charge on any atom is -0.371 e. The van der Waals surface area contributed by atoms with Crippen LogP contribution < -0.4 is 4.90 Å². The lowest BCUT2D eigenvalue weighted by molar-refractivity contribution is -0.119. The molecule has 2 rings (SSSR count). The molecule has 1 aliphatic heterocycles. The number of carbonyl (C=O) groups excluding carboxylic acids is 1. The Balaban J connectivity index is 2.12. The molecule has 0 aliphatic carbocycles. The van der Waals surface area contributed by atoms with E-state index in [9.17, 15) is 4.79 Å². The molecule has 0 unspecified atom stereocenters. The van der Waals surface area contributed by atoms with Gasteiger partial charge in [-0.1, -0.05) is 22.0 Å². The number of hydrogen-bond acceptors (Lipinski definition) is 2. The van der Waals surface area contributed by atoms with E-state index in [1.807, 2.05) is 12.1 Å². The number of rotatable bonds is 1. The molecule has 1 aromatic carbocycles. The maximum Gasteiger partial charge on any atom is 0.136 e. The summed E-state index contributed by atoms with van der Waals surface area (Å²) < 4.78 is 1.09. The fourth-order valence-electron chi connectivity index (χ4n) is 1.69. The zero-order chi connectivity index (χ0) is 9.97. The van der Waals surface area contributed by atoms with Gasteiger partial charge in [-0.05, 0) is 18.2 Å². The highest BCUT2D eigenvalue weighted by atomic mass is 79.9. The minimum absolute atomic E-state index is 0.385. The number of nitrogens with zero attached hydrogens (tertiary/aromatic N) is 1. The number of hydrogen-bond donors (Lipinski definition) is 0. The Bertz CT molecular complexity index is 341. The summed E-state index contributed by atoms with van der Waals surface area (Å²) in [6, 6.07) is 8.21. The van der Waals surface area contributed by atoms with Crippen molar-refractivity contribution in [2.45, 2.75) is 12.8 Å². The van der Waals surface area contributed by atoms with Gasteiger partial charge in [0.2, 0.25) is 0 Å². The predicted molar refractivity (Wildman–Crippen MR) is 60.6 cm³/mol. The Hall–Kier alpha value is -0.830. The molecule has 0 saturated carbocycles. The average Bonchev–Trinajstić information content (AvgIpc) is 2.19. The van der Waals surface area contributed by atoms with Gasteiger partial charge in [0, 0.05) is 36.1 Å². The van der Waals surface area contributed by atoms with E-state index < -0.39 is 0 Å². The van der Waals surface area contributed by atoms with E-state index in [0.29, 0.717) is 18.6 Å². The second kappa shape index (κ2) is 4.13. The van der Waals surface area contributed by atoms with E-state index in [4.69, 9.17) is 0 Å². The number of Topliss-reactive ketones (excluding diaryl/α,β-unsaturated/α-hetero) is 1. The Morgan fingerprint density at radius 3 is 2.57 bits per heavy atom. The smallest absolute Gasteiger partial charge is 0.136 e. The van der Waals surface area contributed by atoms with Crippen LogP contribution in [0.5, 0.6) is 0 Å². The van der Waals surface area contributed by atoms with Gasteiger partial charge in [-0.2, -0.15) is 0 Å². The zero-order valence-electron chi connectivity index (χ0n) is 7.87. The Labute approximate surface area is 92.0 Å². The summed E-state index contributed by atoms with van der Waals surface area (Å²) in [6.45, 7) is 1.71. The van der Waals surface area contributed by atoms with E-state index in [0.717, 1.165) is 17.6 Å². The van der Waals surface area contributed by atoms with Crippen LogP contribution in [0.4, 0.5) is 5.69 Å². The van der Waals surface area contributed by atoms with Crippen molar-refractivity contribution in [1.29, 1.82) is 0 Å². The molecule has 0 bridgehead atoms. The summed E-state index contributed by atoms with van der Waals surface area (Å²) in [6.07, 6.45) is 1.37. The van der Waals surface area contributed by atoms with Gasteiger partial charge < -0.3 is 4.90 Å². The first-order chi connectivity index (χ1) is 6.75. The molecule has 0 radical (unpaired) electrons. The highest BCUT2D eigenvalue weighted by Gasteiger charge is 2.16. The average molecular weight is 254 g/mol. The lowest BCUT2D eigenvalue weighted by Crippen LogP contribution is -2.33. The van der Waals surface area contributed by atoms with Crippen molar-refractivity contribution in [2.24, 2.45) is 0 Å². The predicted octanol–water partition coefficient (Wildman–Crippen LogP) is 2.62. The van der Waals surface area contributed by atoms with Gasteiger partial charge >= 0.3 is 0 Å². The van der Waals surface area contributed by atoms with Gasteiger partial charge in [-0.15, -0.1) is 0 Å². The zero-order valence-corrected chi connectivity index (χ0v) is 9.46. The van der Waals surface area contributed by atoms with Crippen LogP contribution in [0.3, 0.4) is 0 Å². The van der Waals surface area contributed by atoms with Crippen LogP contribution in [-0.2, 0) is 4.79 Å². The Morgan fingerprint density at radius 2 is 1.93 bits per heavy atom. The quantitative estimate of drug-likeness (QED) is 0.767. The summed E-state index contributed by atoms with van der Waals surface area (Å²) in [7, 11) is 0. The van der Waals surface area contributed by atoms with Gasteiger partial charge in [-0.3, -0.25) is 4.79 Å². The molecule has 1 heterocycles. The fraction of sp³-hybridized carbons (Fsp3) is 0.364. The fourth-order valence-corrected chi connectivity index (χ4v) is 2.07. The Kier molecular flexibility index (Phi) is 2.87. The summed E-state index contributed by atoms with van der Waals surface area (Å²) in [4.78, 5) is 13.3. The van der Waals surface area contributed by atoms with Crippen LogP contribution in [0, 0.1) is 0 Å². The normalized spacial score (nSPS) is 17.2. The van der Waals surface area contributed by atoms with Crippen molar-refractivity contribution in [1.82, 2.24) is 0 Å². The number of piperidine rings is 1. The largest absolute Gasteiger partial charge is 0.371 e. The number of ketones is 1. The molecule has 0 spiro atoms. The van der Waals surface area contributed by atoms with Crippen molar-refractivity contribution in [3.8, 4) is 0 Å². The molecule has 2 nitrogen and oxygen atoms in total. The molecular formula is C11H12BrNO. The van der Waals surface area contributed by atoms with Crippen molar-refractivity contribution in [2.75, 3.05) is 18.0 Å². The number of anilines is 1. The third-order valence-electron chi connectivity index (χ3n) is 2.49. The molecule has 1 saturated heterocycles. The lowest BCUT2D eigenvalue weighted by atomic mass is 10.1. The van der Waals surface area contributed by atoms with Gasteiger partial charge in [0.1, 0.15) is 5.78 Å². The standard InChI is InChI=1S/C11H12BrNO/c12-9-2-1-3-10(8-9)13-6-4-11(14)5-7-13/h1-3,8H,4-7H2. The molecule has 0 amide bonds. The summed E-state index contributed by atoms with van der Waals surface area (Å²) in [5.74, 6) is 0.385. The van der Waals surface area contributed by atoms with Gasteiger partial charge in [0.25, 0.3) is 0 Å². The van der Waals surface area contributed by atoms with Gasteiger partial charge in [0.05, 0.1) is 0 Å². The SMILES string of the molecule is O=C1CCN(c2cccc(Br)c2)CC1. The maximum atomic E-state index is 11.1. The monoisotopic (exact) mass is 253 g/mol. The second-order valence-electron chi connectivity index (χ2n) is 3.51. The van der Waals surface area contributed by atoms with Crippen molar-refractivity contribution in [3.63, 3.8) is 0 Å². The summed E-state index contributed by atoms with van der Waals surface area (Å²) >= 11 is 3.45. The molecule has 1 aromatic rings. The highest BCUT2D eigenvalue weighted by molar-refractivity contribution is 9.10. The maximum absolute atomic E-state index is 11.1. The van der Waals surface area contributed by atoms with Crippen molar-refractivity contribution in [3.05, 3.63) is 28.7 Å². The highest BCUT2D eigenvalue weighted by Crippen LogP contribution is 2.22. The molecule has 0 aromatic heterocycles. The molecule has 1 fully saturated rings. The Morgan fingerprint density at radius 1 is 1.21 bits per heavy atom. The second-order valence-corrected chi connectivity index (χ2v) is 4.42. The van der Waals surface area contributed by atoms with Crippen LogP contribution in [0.2, 0.25) is 0 Å². The van der Waals surface area contributed by atoms with Gasteiger partial charge in [0.15, 0.2) is 0 Å². The minimum atomic E-state index is 0.385. The third-order valence-corrected chi connectivity index (χ3v) is 2.99. The van der Waals surface area contributed by atoms with Crippen LogP contribution >= 0.6 is 15.9 Å². The number of halogens is 1. The van der Waals surface area contributed by atoms with Crippen molar-refractivity contribution < 1.29 is 4.79 Å². The molecule has 0 N–H and O–H groups in total. The van der Waals surface area contributed by atoms with Crippen LogP contribution in [0.1, 0.15) is 12.8 Å². The van der Waals surface area contributed by atoms with Crippen LogP contribution in [-0.4, -0.2) is 18.9 Å². The summed E-state index contributed by atoms with van der Waals surface area (Å²) in [5.41, 5.74) is 1.20. The van der Waals surface area contributed by atoms with E-state index in [1.165, 1.54) is 5.69 Å². The molecule has 3 heteroatoms. The summed E-state index contributed by atoms with van der Waals surface area (Å²) in [5, 5.41) is 0. The number of benzene rings is 1. The van der Waals surface area contributed by atoms with E-state index in [-0.39, 0.29) is 0 Å². The first-order valence-electron chi connectivity index (χ1n) is 4.78. The topological polar surface area (TPSA) is 20.3 Å². The molecule has 14 heavy (non-hydrogen) atoms. The molecule has 1 aliphatic rings. The van der Waals surface area contributed by atoms with Crippen LogP contribution in [0.15, 0.2) is 28.7 Å². The van der Waals surface area contributed by atoms with E-state index >= 15 is 0 Å². The van der Waals surface area contributed by atoms with Crippen LogP contribution in [0.25, 0.3) is 0 Å². The number of carbonyl (C=O) groups is 1. The first kappa shape index (κ1) is 9.71. The third kappa shape index (κ3) is 2.15. The molecule has 0 atom stereocenters.